The molecule has 3 heterocycles. The number of anilines is 2. The minimum atomic E-state index is -0.387. The van der Waals surface area contributed by atoms with Crippen LogP contribution < -0.4 is 11.1 Å². The number of para-hydroxylation sites is 1. The number of rotatable bonds is 4. The maximum atomic E-state index is 9.90. The molecule has 31 heavy (non-hydrogen) atoms. The van der Waals surface area contributed by atoms with Crippen LogP contribution >= 0.6 is 11.3 Å². The Morgan fingerprint density at radius 3 is 2.81 bits per heavy atom. The molecule has 164 valence electrons. The molecular formula is C22H27N5O3S. The van der Waals surface area contributed by atoms with Crippen molar-refractivity contribution in [2.24, 2.45) is 5.92 Å². The lowest BCUT2D eigenvalue weighted by atomic mass is 10.0. The summed E-state index contributed by atoms with van der Waals surface area (Å²) in [6.45, 7) is 6.52. The predicted octanol–water partition coefficient (Wildman–Crippen LogP) is 3.00. The molecule has 0 bridgehead atoms. The molecule has 1 saturated heterocycles. The summed E-state index contributed by atoms with van der Waals surface area (Å²) in [6.07, 6.45) is 0.367. The third-order valence-electron chi connectivity index (χ3n) is 5.99. The molecule has 3 aromatic rings. The zero-order valence-corrected chi connectivity index (χ0v) is 18.6. The van der Waals surface area contributed by atoms with Crippen molar-refractivity contribution in [1.82, 2.24) is 15.0 Å². The van der Waals surface area contributed by atoms with E-state index in [1.165, 1.54) is 0 Å². The van der Waals surface area contributed by atoms with E-state index in [9.17, 15) is 5.11 Å². The van der Waals surface area contributed by atoms with Gasteiger partial charge in [0, 0.05) is 12.5 Å². The fourth-order valence-electron chi connectivity index (χ4n) is 4.60. The number of nitrogen functional groups attached to an aromatic ring is 1. The van der Waals surface area contributed by atoms with E-state index in [4.69, 9.17) is 20.2 Å². The molecule has 0 amide bonds. The smallest absolute Gasteiger partial charge is 0.222 e. The third kappa shape index (κ3) is 3.76. The Hall–Kier alpha value is -2.33. The van der Waals surface area contributed by atoms with Crippen LogP contribution in [-0.4, -0.2) is 57.1 Å². The van der Waals surface area contributed by atoms with Crippen LogP contribution in [0.5, 0.6) is 0 Å². The number of benzene rings is 1. The Labute approximate surface area is 184 Å². The van der Waals surface area contributed by atoms with E-state index in [0.29, 0.717) is 18.8 Å². The molecule has 2 aromatic heterocycles. The molecule has 9 heteroatoms. The van der Waals surface area contributed by atoms with Crippen molar-refractivity contribution >= 4 is 33.3 Å². The van der Waals surface area contributed by atoms with Crippen LogP contribution in [-0.2, 0) is 9.47 Å². The highest BCUT2D eigenvalue weighted by Gasteiger charge is 2.50. The molecule has 5 rings (SSSR count). The largest absolute Gasteiger partial charge is 0.396 e. The Balaban J connectivity index is 1.53. The fourth-order valence-corrected chi connectivity index (χ4v) is 5.66. The second-order valence-electron chi connectivity index (χ2n) is 8.92. The second-order valence-corrected chi connectivity index (χ2v) is 9.96. The number of hydrogen-bond acceptors (Lipinski definition) is 9. The van der Waals surface area contributed by atoms with Gasteiger partial charge in [0.05, 0.1) is 45.8 Å². The summed E-state index contributed by atoms with van der Waals surface area (Å²) >= 11 is 1.60. The average Bonchev–Trinajstić information content (AvgIpc) is 3.27. The molecule has 0 unspecified atom stereocenters. The van der Waals surface area contributed by atoms with Gasteiger partial charge >= 0.3 is 0 Å². The van der Waals surface area contributed by atoms with Gasteiger partial charge in [0.1, 0.15) is 16.9 Å². The Bertz CT molecular complexity index is 1080. The van der Waals surface area contributed by atoms with Crippen molar-refractivity contribution in [3.8, 4) is 10.6 Å². The molecule has 2 aliphatic rings. The van der Waals surface area contributed by atoms with Crippen LogP contribution in [0.15, 0.2) is 24.3 Å². The van der Waals surface area contributed by atoms with Crippen LogP contribution in [0.2, 0.25) is 0 Å². The van der Waals surface area contributed by atoms with Crippen molar-refractivity contribution in [3.05, 3.63) is 30.0 Å². The zero-order chi connectivity index (χ0) is 21.8. The van der Waals surface area contributed by atoms with E-state index in [0.717, 1.165) is 26.5 Å². The molecule has 4 N–H and O–H groups in total. The molecule has 4 atom stereocenters. The van der Waals surface area contributed by atoms with Gasteiger partial charge in [-0.1, -0.05) is 12.1 Å². The lowest BCUT2D eigenvalue weighted by Gasteiger charge is -2.41. The standard InChI is InChI=1S/C22H27N5O3S/c1-11-16(20-26-13-6-4-5-7-15(13)31-20)19(27-21(23)24-11)25-14-8-12(9-28)17-18(14)30-22(2,3)10-29-17/h4-7,12,14,17-18,28H,8-10H2,1-3H3,(H3,23,24,25,27)/t12-,14-,17-,18+/m1/s1. The van der Waals surface area contributed by atoms with Crippen molar-refractivity contribution in [2.45, 2.75) is 51.0 Å². The second kappa shape index (κ2) is 7.67. The number of nitrogens with zero attached hydrogens (tertiary/aromatic N) is 3. The highest BCUT2D eigenvalue weighted by Crippen LogP contribution is 2.41. The molecule has 0 spiro atoms. The SMILES string of the molecule is Cc1nc(N)nc(N[C@@H]2C[C@H](CO)[C@H]3OCC(C)(C)O[C@H]32)c1-c1nc2ccccc2s1. The maximum absolute atomic E-state index is 9.90. The van der Waals surface area contributed by atoms with Crippen molar-refractivity contribution < 1.29 is 14.6 Å². The average molecular weight is 442 g/mol. The number of aliphatic hydroxyl groups excluding tert-OH is 1. The van der Waals surface area contributed by atoms with Gasteiger partial charge in [-0.3, -0.25) is 0 Å². The van der Waals surface area contributed by atoms with Crippen LogP contribution in [0, 0.1) is 12.8 Å². The van der Waals surface area contributed by atoms with Gasteiger partial charge in [0.2, 0.25) is 5.95 Å². The third-order valence-corrected chi connectivity index (χ3v) is 7.05. The first-order valence-corrected chi connectivity index (χ1v) is 11.3. The first kappa shape index (κ1) is 20.6. The van der Waals surface area contributed by atoms with Crippen molar-refractivity contribution in [1.29, 1.82) is 0 Å². The predicted molar refractivity (Wildman–Crippen MR) is 121 cm³/mol. The number of aromatic nitrogens is 3. The summed E-state index contributed by atoms with van der Waals surface area (Å²) in [5, 5.41) is 14.3. The van der Waals surface area contributed by atoms with Crippen molar-refractivity contribution in [2.75, 3.05) is 24.3 Å². The topological polar surface area (TPSA) is 115 Å². The molecule has 8 nitrogen and oxygen atoms in total. The fraction of sp³-hybridized carbons (Fsp3) is 0.500. The quantitative estimate of drug-likeness (QED) is 0.566. The lowest BCUT2D eigenvalue weighted by molar-refractivity contribution is -0.218. The van der Waals surface area contributed by atoms with Gasteiger partial charge in [0.15, 0.2) is 0 Å². The van der Waals surface area contributed by atoms with Gasteiger partial charge in [-0.25, -0.2) is 9.97 Å². The van der Waals surface area contributed by atoms with E-state index in [1.807, 2.05) is 39.0 Å². The zero-order valence-electron chi connectivity index (χ0n) is 17.8. The number of thiazole rings is 1. The van der Waals surface area contributed by atoms with Gasteiger partial charge in [-0.05, 0) is 39.3 Å². The number of hydrogen-bond donors (Lipinski definition) is 3. The Morgan fingerprint density at radius 1 is 1.23 bits per heavy atom. The van der Waals surface area contributed by atoms with E-state index in [-0.39, 0.29) is 42.3 Å². The molecular weight excluding hydrogens is 414 g/mol. The minimum absolute atomic E-state index is 0.00443. The minimum Gasteiger partial charge on any atom is -0.396 e. The number of nitrogens with one attached hydrogen (secondary N) is 1. The van der Waals surface area contributed by atoms with E-state index in [2.05, 4.69) is 21.4 Å². The van der Waals surface area contributed by atoms with Crippen LogP contribution in [0.4, 0.5) is 11.8 Å². The molecule has 1 aromatic carbocycles. The summed E-state index contributed by atoms with van der Waals surface area (Å²) in [5.74, 6) is 0.849. The summed E-state index contributed by atoms with van der Waals surface area (Å²) in [5.41, 5.74) is 8.17. The number of fused-ring (bicyclic) bond motifs is 2. The number of aliphatic hydroxyl groups is 1. The number of nitrogens with two attached hydrogens (primary N) is 1. The van der Waals surface area contributed by atoms with Gasteiger partial charge in [-0.15, -0.1) is 11.3 Å². The van der Waals surface area contributed by atoms with E-state index in [1.54, 1.807) is 11.3 Å². The highest BCUT2D eigenvalue weighted by atomic mass is 32.1. The molecule has 0 radical (unpaired) electrons. The molecule has 1 aliphatic heterocycles. The maximum Gasteiger partial charge on any atom is 0.222 e. The van der Waals surface area contributed by atoms with Gasteiger partial charge < -0.3 is 25.6 Å². The summed E-state index contributed by atoms with van der Waals surface area (Å²) in [4.78, 5) is 13.7. The van der Waals surface area contributed by atoms with Crippen LogP contribution in [0.25, 0.3) is 20.8 Å². The van der Waals surface area contributed by atoms with Gasteiger partial charge in [-0.2, -0.15) is 4.98 Å². The first-order valence-electron chi connectivity index (χ1n) is 10.5. The summed E-state index contributed by atoms with van der Waals surface area (Å²) < 4.78 is 13.6. The summed E-state index contributed by atoms with van der Waals surface area (Å²) in [7, 11) is 0. The molecule has 1 saturated carbocycles. The Morgan fingerprint density at radius 2 is 2.03 bits per heavy atom. The normalized spacial score (nSPS) is 27.4. The lowest BCUT2D eigenvalue weighted by Crippen LogP contribution is -2.52. The van der Waals surface area contributed by atoms with E-state index < -0.39 is 0 Å². The molecule has 2 fully saturated rings. The van der Waals surface area contributed by atoms with Gasteiger partial charge in [0.25, 0.3) is 0 Å². The van der Waals surface area contributed by atoms with E-state index >= 15 is 0 Å². The monoisotopic (exact) mass is 441 g/mol. The Kier molecular flexibility index (Phi) is 5.09. The summed E-state index contributed by atoms with van der Waals surface area (Å²) in [6, 6.07) is 7.96. The number of ether oxygens (including phenoxy) is 2. The molecule has 1 aliphatic carbocycles. The first-order chi connectivity index (χ1) is 14.8. The van der Waals surface area contributed by atoms with Crippen LogP contribution in [0.3, 0.4) is 0 Å². The number of aryl methyl sites for hydroxylation is 1. The van der Waals surface area contributed by atoms with Crippen LogP contribution in [0.1, 0.15) is 26.0 Å². The van der Waals surface area contributed by atoms with Crippen molar-refractivity contribution in [3.63, 3.8) is 0 Å². The highest BCUT2D eigenvalue weighted by molar-refractivity contribution is 7.21.